The van der Waals surface area contributed by atoms with Crippen LogP contribution >= 0.6 is 27.3 Å². The Kier molecular flexibility index (Phi) is 4.93. The third-order valence-corrected chi connectivity index (χ3v) is 5.25. The van der Waals surface area contributed by atoms with Crippen LogP contribution < -0.4 is 10.9 Å². The lowest BCUT2D eigenvalue weighted by atomic mass is 10.2. The lowest BCUT2D eigenvalue weighted by molar-refractivity contribution is 0.102. The molecule has 4 aromatic rings. The number of carbonyl (C=O) groups excluding carboxylic acids is 1. The summed E-state index contributed by atoms with van der Waals surface area (Å²) in [4.78, 5) is 32.5. The first-order valence-corrected chi connectivity index (χ1v) is 9.96. The van der Waals surface area contributed by atoms with Crippen LogP contribution in [0.15, 0.2) is 63.2 Å². The first-order chi connectivity index (χ1) is 13.5. The highest BCUT2D eigenvalue weighted by Gasteiger charge is 2.17. The Labute approximate surface area is 172 Å². The van der Waals surface area contributed by atoms with Crippen molar-refractivity contribution >= 4 is 39.0 Å². The van der Waals surface area contributed by atoms with Crippen molar-refractivity contribution in [2.45, 2.75) is 6.92 Å². The minimum atomic E-state index is -0.296. The maximum atomic E-state index is 12.7. The van der Waals surface area contributed by atoms with Crippen molar-refractivity contribution in [2.24, 2.45) is 0 Å². The minimum absolute atomic E-state index is 0.234. The van der Waals surface area contributed by atoms with Crippen molar-refractivity contribution in [1.82, 2.24) is 19.7 Å². The van der Waals surface area contributed by atoms with E-state index < -0.39 is 0 Å². The van der Waals surface area contributed by atoms with Gasteiger partial charge in [0.05, 0.1) is 4.88 Å². The van der Waals surface area contributed by atoms with Gasteiger partial charge in [0.2, 0.25) is 5.95 Å². The highest BCUT2D eigenvalue weighted by atomic mass is 79.9. The van der Waals surface area contributed by atoms with E-state index in [1.54, 1.807) is 31.2 Å². The number of thiophene rings is 1. The minimum Gasteiger partial charge on any atom is -0.306 e. The summed E-state index contributed by atoms with van der Waals surface area (Å²) in [6.45, 7) is 1.72. The number of aromatic nitrogens is 4. The normalized spacial score (nSPS) is 10.8. The van der Waals surface area contributed by atoms with Gasteiger partial charge in [-0.2, -0.15) is 9.78 Å². The summed E-state index contributed by atoms with van der Waals surface area (Å²) in [5, 5.41) is 9.34. The largest absolute Gasteiger partial charge is 0.306 e. The molecular weight excluding hydrogens is 442 g/mol. The van der Waals surface area contributed by atoms with E-state index in [0.29, 0.717) is 22.8 Å². The number of H-pyrrole nitrogens is 1. The molecule has 0 fully saturated rings. The number of anilines is 1. The van der Waals surface area contributed by atoms with Gasteiger partial charge in [0.15, 0.2) is 0 Å². The van der Waals surface area contributed by atoms with Gasteiger partial charge in [-0.1, -0.05) is 28.1 Å². The topological polar surface area (TPSA) is 92.7 Å². The fraction of sp³-hybridized carbons (Fsp3) is 0.0526. The molecule has 7 nitrogen and oxygen atoms in total. The highest BCUT2D eigenvalue weighted by molar-refractivity contribution is 9.10. The number of rotatable bonds is 4. The third-order valence-electron chi connectivity index (χ3n) is 3.87. The smallest absolute Gasteiger partial charge is 0.256 e. The maximum Gasteiger partial charge on any atom is 0.256 e. The number of hydrogen-bond donors (Lipinski definition) is 2. The summed E-state index contributed by atoms with van der Waals surface area (Å²) in [6.07, 6.45) is 0. The zero-order chi connectivity index (χ0) is 19.7. The number of benzene rings is 1. The summed E-state index contributed by atoms with van der Waals surface area (Å²) >= 11 is 4.90. The molecule has 28 heavy (non-hydrogen) atoms. The number of halogens is 1. The molecule has 0 aliphatic heterocycles. The Bertz CT molecular complexity index is 1210. The number of carbonyl (C=O) groups is 1. The van der Waals surface area contributed by atoms with Crippen LogP contribution in [0.5, 0.6) is 0 Å². The molecule has 0 saturated carbocycles. The Hall–Kier alpha value is -3.04. The molecule has 0 atom stereocenters. The van der Waals surface area contributed by atoms with E-state index in [9.17, 15) is 9.59 Å². The molecular formula is C19H14BrN5O2S. The van der Waals surface area contributed by atoms with Crippen LogP contribution in [-0.4, -0.2) is 25.7 Å². The molecule has 140 valence electrons. The van der Waals surface area contributed by atoms with E-state index in [1.165, 1.54) is 22.1 Å². The van der Waals surface area contributed by atoms with E-state index >= 15 is 0 Å². The molecule has 1 aromatic carbocycles. The van der Waals surface area contributed by atoms with Crippen molar-refractivity contribution in [1.29, 1.82) is 0 Å². The second-order valence-corrected chi connectivity index (χ2v) is 7.84. The number of hydrogen-bond acceptors (Lipinski definition) is 5. The van der Waals surface area contributed by atoms with E-state index in [0.717, 1.165) is 9.35 Å². The summed E-state index contributed by atoms with van der Waals surface area (Å²) in [6, 6.07) is 14.1. The van der Waals surface area contributed by atoms with Gasteiger partial charge in [0, 0.05) is 27.9 Å². The third kappa shape index (κ3) is 3.80. The van der Waals surface area contributed by atoms with Gasteiger partial charge in [0.1, 0.15) is 11.5 Å². The van der Waals surface area contributed by atoms with Gasteiger partial charge in [-0.15, -0.1) is 11.3 Å². The standard InChI is InChI=1S/C19H14BrN5O2S/c1-11-8-17(26)23-19(21-11)25-16(10-14(24-25)15-6-3-7-28-15)22-18(27)12-4-2-5-13(20)9-12/h2-10H,1H3,(H,22,27)(H,21,23,26). The molecule has 0 aliphatic carbocycles. The van der Waals surface area contributed by atoms with Crippen molar-refractivity contribution in [3.05, 3.63) is 80.0 Å². The molecule has 9 heteroatoms. The fourth-order valence-corrected chi connectivity index (χ4v) is 3.74. The van der Waals surface area contributed by atoms with Crippen LogP contribution in [0.25, 0.3) is 16.5 Å². The molecule has 2 N–H and O–H groups in total. The van der Waals surface area contributed by atoms with Gasteiger partial charge in [0.25, 0.3) is 11.5 Å². The summed E-state index contributed by atoms with van der Waals surface area (Å²) < 4.78 is 2.23. The molecule has 3 heterocycles. The molecule has 0 bridgehead atoms. The molecule has 4 rings (SSSR count). The van der Waals surface area contributed by atoms with Gasteiger partial charge in [-0.05, 0) is 36.6 Å². The van der Waals surface area contributed by atoms with E-state index in [4.69, 9.17) is 0 Å². The number of aryl methyl sites for hydroxylation is 1. The Morgan fingerprint density at radius 1 is 1.21 bits per heavy atom. The van der Waals surface area contributed by atoms with Gasteiger partial charge < -0.3 is 5.32 Å². The quantitative estimate of drug-likeness (QED) is 0.486. The van der Waals surface area contributed by atoms with Crippen LogP contribution in [0.1, 0.15) is 16.1 Å². The Morgan fingerprint density at radius 3 is 2.79 bits per heavy atom. The SMILES string of the molecule is Cc1cc(=O)[nH]c(-n2nc(-c3cccs3)cc2NC(=O)c2cccc(Br)c2)n1. The Balaban J connectivity index is 1.78. The average molecular weight is 456 g/mol. The monoisotopic (exact) mass is 455 g/mol. The number of nitrogens with zero attached hydrogens (tertiary/aromatic N) is 3. The molecule has 3 aromatic heterocycles. The van der Waals surface area contributed by atoms with Crippen molar-refractivity contribution in [3.8, 4) is 16.5 Å². The molecule has 0 unspecified atom stereocenters. The molecule has 0 saturated heterocycles. The van der Waals surface area contributed by atoms with Crippen molar-refractivity contribution in [3.63, 3.8) is 0 Å². The van der Waals surface area contributed by atoms with E-state index in [2.05, 4.69) is 36.3 Å². The van der Waals surface area contributed by atoms with Gasteiger partial charge >= 0.3 is 0 Å². The summed E-state index contributed by atoms with van der Waals surface area (Å²) in [5.41, 5.74) is 1.42. The van der Waals surface area contributed by atoms with Crippen LogP contribution in [0.3, 0.4) is 0 Å². The first-order valence-electron chi connectivity index (χ1n) is 8.29. The number of nitrogens with one attached hydrogen (secondary N) is 2. The second kappa shape index (κ2) is 7.53. The number of aromatic amines is 1. The van der Waals surface area contributed by atoms with Crippen molar-refractivity contribution in [2.75, 3.05) is 5.32 Å². The molecule has 0 radical (unpaired) electrons. The maximum absolute atomic E-state index is 12.7. The predicted octanol–water partition coefficient (Wildman–Crippen LogP) is 4.01. The number of amides is 1. The first kappa shape index (κ1) is 18.3. The van der Waals surface area contributed by atoms with Crippen molar-refractivity contribution < 1.29 is 4.79 Å². The zero-order valence-corrected chi connectivity index (χ0v) is 17.0. The van der Waals surface area contributed by atoms with Crippen LogP contribution in [0.2, 0.25) is 0 Å². The summed E-state index contributed by atoms with van der Waals surface area (Å²) in [5.74, 6) is 0.342. The predicted molar refractivity (Wildman–Crippen MR) is 112 cm³/mol. The summed E-state index contributed by atoms with van der Waals surface area (Å²) in [7, 11) is 0. The van der Waals surface area contributed by atoms with Gasteiger partial charge in [-0.25, -0.2) is 4.98 Å². The van der Waals surface area contributed by atoms with Crippen LogP contribution in [-0.2, 0) is 0 Å². The zero-order valence-electron chi connectivity index (χ0n) is 14.6. The lowest BCUT2D eigenvalue weighted by Gasteiger charge is -2.08. The van der Waals surface area contributed by atoms with Gasteiger partial charge in [-0.3, -0.25) is 14.6 Å². The van der Waals surface area contributed by atoms with Crippen LogP contribution in [0.4, 0.5) is 5.82 Å². The fourth-order valence-electron chi connectivity index (χ4n) is 2.66. The molecule has 0 aliphatic rings. The van der Waals surface area contributed by atoms with E-state index in [1.807, 2.05) is 23.6 Å². The lowest BCUT2D eigenvalue weighted by Crippen LogP contribution is -2.18. The van der Waals surface area contributed by atoms with E-state index in [-0.39, 0.29) is 17.4 Å². The molecule has 0 spiro atoms. The van der Waals surface area contributed by atoms with Crippen LogP contribution in [0, 0.1) is 6.92 Å². The average Bonchev–Trinajstić information content (AvgIpc) is 3.30. The highest BCUT2D eigenvalue weighted by Crippen LogP contribution is 2.27. The Morgan fingerprint density at radius 2 is 2.07 bits per heavy atom. The molecule has 1 amide bonds. The second-order valence-electron chi connectivity index (χ2n) is 5.98.